The number of hydrogen-bond acceptors (Lipinski definition) is 5. The lowest BCUT2D eigenvalue weighted by Gasteiger charge is -2.35. The molecule has 3 aliphatic rings. The highest BCUT2D eigenvalue weighted by Gasteiger charge is 2.53. The second kappa shape index (κ2) is 8.40. The van der Waals surface area contributed by atoms with Crippen LogP contribution in [0.15, 0.2) is 24.5 Å². The third kappa shape index (κ3) is 4.03. The van der Waals surface area contributed by atoms with Crippen LogP contribution in [0.1, 0.15) is 43.0 Å². The van der Waals surface area contributed by atoms with Crippen molar-refractivity contribution in [2.24, 2.45) is 11.8 Å². The second-order valence-corrected chi connectivity index (χ2v) is 8.97. The smallest absolute Gasteiger partial charge is 0.253 e. The lowest BCUT2D eigenvalue weighted by atomic mass is 9.78. The zero-order valence-electron chi connectivity index (χ0n) is 16.4. The van der Waals surface area contributed by atoms with Crippen molar-refractivity contribution >= 4 is 29.2 Å². The standard InChI is InChI=1S/C21H26ClN3O4/c1-12-4-6-13(7-5-12)17(24-20(27)14-3-2-8-23-9-14)21(28)25-10-15(22)19-18(25)16(26)11-29-19/h2-3,8-9,12-13,15,17-19H,4-7,10-11H2,1H3,(H,24,27)/t12?,13?,15-,17?,18+,19+/m0/s1. The van der Waals surface area contributed by atoms with E-state index < -0.39 is 23.6 Å². The molecular weight excluding hydrogens is 394 g/mol. The summed E-state index contributed by atoms with van der Waals surface area (Å²) in [6.45, 7) is 2.44. The Morgan fingerprint density at radius 1 is 1.31 bits per heavy atom. The Balaban J connectivity index is 1.57. The van der Waals surface area contributed by atoms with Gasteiger partial charge in [-0.15, -0.1) is 11.6 Å². The average molecular weight is 420 g/mol. The molecule has 2 saturated heterocycles. The molecule has 1 unspecified atom stereocenters. The number of ether oxygens (including phenoxy) is 1. The van der Waals surface area contributed by atoms with Crippen molar-refractivity contribution in [3.05, 3.63) is 30.1 Å². The first-order valence-electron chi connectivity index (χ1n) is 10.3. The summed E-state index contributed by atoms with van der Waals surface area (Å²) in [5.74, 6) is -0.0454. The Morgan fingerprint density at radius 2 is 2.07 bits per heavy atom. The van der Waals surface area contributed by atoms with Crippen LogP contribution in [0.3, 0.4) is 0 Å². The number of aromatic nitrogens is 1. The van der Waals surface area contributed by atoms with E-state index in [4.69, 9.17) is 16.3 Å². The van der Waals surface area contributed by atoms with Crippen LogP contribution in [-0.2, 0) is 14.3 Å². The van der Waals surface area contributed by atoms with Gasteiger partial charge in [0.1, 0.15) is 24.8 Å². The summed E-state index contributed by atoms with van der Waals surface area (Å²) < 4.78 is 5.50. The number of Topliss-reactive ketones (excluding diaryl/α,β-unsaturated/α-hetero) is 1. The Hall–Kier alpha value is -1.99. The Kier molecular flexibility index (Phi) is 5.88. The summed E-state index contributed by atoms with van der Waals surface area (Å²) in [5.41, 5.74) is 0.407. The van der Waals surface area contributed by atoms with Crippen molar-refractivity contribution in [2.45, 2.75) is 56.2 Å². The van der Waals surface area contributed by atoms with Crippen LogP contribution in [-0.4, -0.2) is 64.2 Å². The maximum atomic E-state index is 13.6. The van der Waals surface area contributed by atoms with Crippen molar-refractivity contribution in [2.75, 3.05) is 13.2 Å². The zero-order valence-corrected chi connectivity index (χ0v) is 17.2. The minimum atomic E-state index is -0.689. The van der Waals surface area contributed by atoms with Gasteiger partial charge >= 0.3 is 0 Å². The van der Waals surface area contributed by atoms with E-state index in [9.17, 15) is 14.4 Å². The van der Waals surface area contributed by atoms with Crippen LogP contribution >= 0.6 is 11.6 Å². The first-order valence-corrected chi connectivity index (χ1v) is 10.7. The fourth-order valence-corrected chi connectivity index (χ4v) is 5.08. The molecule has 8 heteroatoms. The molecule has 1 aromatic rings. The lowest BCUT2D eigenvalue weighted by molar-refractivity contribution is -0.139. The quantitative estimate of drug-likeness (QED) is 0.751. The highest BCUT2D eigenvalue weighted by Crippen LogP contribution is 2.35. The molecule has 29 heavy (non-hydrogen) atoms. The molecule has 1 saturated carbocycles. The fraction of sp³-hybridized carbons (Fsp3) is 0.619. The van der Waals surface area contributed by atoms with Crippen molar-refractivity contribution in [1.29, 1.82) is 0 Å². The van der Waals surface area contributed by atoms with Crippen molar-refractivity contribution in [1.82, 2.24) is 15.2 Å². The number of fused-ring (bicyclic) bond motifs is 1. The highest BCUT2D eigenvalue weighted by atomic mass is 35.5. The van der Waals surface area contributed by atoms with Crippen LogP contribution in [0.5, 0.6) is 0 Å². The van der Waals surface area contributed by atoms with Crippen LogP contribution in [0.25, 0.3) is 0 Å². The normalized spacial score (nSPS) is 32.7. The molecule has 1 aliphatic carbocycles. The molecule has 7 nitrogen and oxygen atoms in total. The predicted octanol–water partition coefficient (Wildman–Crippen LogP) is 1.79. The molecule has 0 radical (unpaired) electrons. The van der Waals surface area contributed by atoms with E-state index in [0.29, 0.717) is 11.5 Å². The van der Waals surface area contributed by atoms with Gasteiger partial charge in [0.25, 0.3) is 5.91 Å². The molecule has 1 N–H and O–H groups in total. The van der Waals surface area contributed by atoms with Crippen LogP contribution < -0.4 is 5.32 Å². The average Bonchev–Trinajstić information content (AvgIpc) is 3.28. The minimum absolute atomic E-state index is 0.0179. The first-order chi connectivity index (χ1) is 14.0. The van der Waals surface area contributed by atoms with Gasteiger partial charge in [-0.2, -0.15) is 0 Å². The maximum absolute atomic E-state index is 13.6. The number of ketones is 1. The Bertz CT molecular complexity index is 781. The summed E-state index contributed by atoms with van der Waals surface area (Å²) >= 11 is 6.36. The molecule has 2 aliphatic heterocycles. The van der Waals surface area contributed by atoms with E-state index in [-0.39, 0.29) is 36.7 Å². The third-order valence-corrected chi connectivity index (χ3v) is 6.80. The van der Waals surface area contributed by atoms with Gasteiger partial charge < -0.3 is 15.0 Å². The Morgan fingerprint density at radius 3 is 2.76 bits per heavy atom. The number of rotatable bonds is 4. The number of carbonyl (C=O) groups excluding carboxylic acids is 3. The SMILES string of the molecule is CC1CCC(C(NC(=O)c2cccnc2)C(=O)N2C[C@H](Cl)[C@H]3OCC(=O)[C@H]32)CC1. The molecule has 0 bridgehead atoms. The number of nitrogens with one attached hydrogen (secondary N) is 1. The number of likely N-dealkylation sites (tertiary alicyclic amines) is 1. The van der Waals surface area contributed by atoms with Gasteiger partial charge in [-0.3, -0.25) is 19.4 Å². The van der Waals surface area contributed by atoms with Gasteiger partial charge in [0.15, 0.2) is 5.78 Å². The highest BCUT2D eigenvalue weighted by molar-refractivity contribution is 6.22. The van der Waals surface area contributed by atoms with E-state index in [0.717, 1.165) is 25.7 Å². The predicted molar refractivity (Wildman–Crippen MR) is 107 cm³/mol. The summed E-state index contributed by atoms with van der Waals surface area (Å²) in [6, 6.07) is 2.02. The number of alkyl halides is 1. The molecule has 0 aromatic carbocycles. The van der Waals surface area contributed by atoms with E-state index in [2.05, 4.69) is 17.2 Å². The zero-order chi connectivity index (χ0) is 20.5. The fourth-order valence-electron chi connectivity index (χ4n) is 4.72. The summed E-state index contributed by atoms with van der Waals surface area (Å²) in [5, 5.41) is 2.52. The number of amides is 2. The number of halogens is 1. The van der Waals surface area contributed by atoms with Gasteiger partial charge in [-0.25, -0.2) is 0 Å². The first kappa shape index (κ1) is 20.3. The Labute approximate surface area is 175 Å². The molecule has 3 heterocycles. The molecule has 4 atom stereocenters. The monoisotopic (exact) mass is 419 g/mol. The van der Waals surface area contributed by atoms with E-state index in [1.807, 2.05) is 0 Å². The lowest BCUT2D eigenvalue weighted by Crippen LogP contribution is -2.55. The number of hydrogen-bond donors (Lipinski definition) is 1. The van der Waals surface area contributed by atoms with E-state index in [1.54, 1.807) is 18.3 Å². The summed E-state index contributed by atoms with van der Waals surface area (Å²) in [4.78, 5) is 44.2. The van der Waals surface area contributed by atoms with Gasteiger partial charge in [0.05, 0.1) is 10.9 Å². The maximum Gasteiger partial charge on any atom is 0.253 e. The topological polar surface area (TPSA) is 88.6 Å². The van der Waals surface area contributed by atoms with Crippen molar-refractivity contribution in [3.63, 3.8) is 0 Å². The van der Waals surface area contributed by atoms with Gasteiger partial charge in [0.2, 0.25) is 5.91 Å². The van der Waals surface area contributed by atoms with Crippen molar-refractivity contribution < 1.29 is 19.1 Å². The third-order valence-electron chi connectivity index (χ3n) is 6.41. The van der Waals surface area contributed by atoms with Crippen molar-refractivity contribution in [3.8, 4) is 0 Å². The molecule has 3 fully saturated rings. The van der Waals surface area contributed by atoms with Crippen LogP contribution in [0.2, 0.25) is 0 Å². The van der Waals surface area contributed by atoms with E-state index >= 15 is 0 Å². The number of nitrogens with zero attached hydrogens (tertiary/aromatic N) is 2. The molecule has 4 rings (SSSR count). The largest absolute Gasteiger partial charge is 0.366 e. The van der Waals surface area contributed by atoms with Gasteiger partial charge in [0, 0.05) is 18.9 Å². The van der Waals surface area contributed by atoms with Gasteiger partial charge in [-0.05, 0) is 36.8 Å². The van der Waals surface area contributed by atoms with E-state index in [1.165, 1.54) is 11.1 Å². The molecule has 0 spiro atoms. The minimum Gasteiger partial charge on any atom is -0.366 e. The summed E-state index contributed by atoms with van der Waals surface area (Å²) in [6.07, 6.45) is 6.37. The van der Waals surface area contributed by atoms with Crippen LogP contribution in [0, 0.1) is 11.8 Å². The molecule has 1 aromatic heterocycles. The molecular formula is C21H26ClN3O4. The van der Waals surface area contributed by atoms with Gasteiger partial charge in [-0.1, -0.05) is 19.8 Å². The summed E-state index contributed by atoms with van der Waals surface area (Å²) in [7, 11) is 0. The molecule has 156 valence electrons. The molecule has 2 amide bonds. The number of carbonyl (C=O) groups is 3. The van der Waals surface area contributed by atoms with Crippen LogP contribution in [0.4, 0.5) is 0 Å². The second-order valence-electron chi connectivity index (χ2n) is 8.41. The number of pyridine rings is 1.